The summed E-state index contributed by atoms with van der Waals surface area (Å²) in [5, 5.41) is 14.7. The number of hydrogen-bond acceptors (Lipinski definition) is 5. The molecule has 116 valence electrons. The van der Waals surface area contributed by atoms with Gasteiger partial charge in [-0.1, -0.05) is 0 Å². The minimum absolute atomic E-state index is 0.132. The zero-order valence-corrected chi connectivity index (χ0v) is 13.0. The summed E-state index contributed by atoms with van der Waals surface area (Å²) < 4.78 is 5.19. The Morgan fingerprint density at radius 3 is 2.81 bits per heavy atom. The molecular formula is C13H19N3O4S. The lowest BCUT2D eigenvalue weighted by atomic mass is 10.0. The first-order chi connectivity index (χ1) is 9.83. The summed E-state index contributed by atoms with van der Waals surface area (Å²) >= 11 is 1.46. The standard InChI is InChI=1S/C13H19N3O4S/c1-13(2,11-14-4-5-21-11)15-12(19)16(3)9-7-20-6-8(9)10(17)18/h4-5,8-9H,6-7H2,1-3H3,(H,15,19)(H,17,18). The molecule has 0 spiro atoms. The van der Waals surface area contributed by atoms with Crippen LogP contribution < -0.4 is 5.32 Å². The molecule has 1 aromatic heterocycles. The molecule has 1 aliphatic rings. The number of carboxylic acids is 1. The number of likely N-dealkylation sites (N-methyl/N-ethyl adjacent to an activating group) is 1. The summed E-state index contributed by atoms with van der Waals surface area (Å²) in [5.74, 6) is -1.64. The Hall–Kier alpha value is -1.67. The van der Waals surface area contributed by atoms with Crippen LogP contribution in [-0.2, 0) is 15.1 Å². The molecule has 2 N–H and O–H groups in total. The van der Waals surface area contributed by atoms with Crippen molar-refractivity contribution in [2.24, 2.45) is 5.92 Å². The fourth-order valence-corrected chi connectivity index (χ4v) is 2.97. The third-order valence-electron chi connectivity index (χ3n) is 3.57. The second kappa shape index (κ2) is 5.98. The number of aromatic nitrogens is 1. The van der Waals surface area contributed by atoms with Gasteiger partial charge in [0.1, 0.15) is 10.9 Å². The van der Waals surface area contributed by atoms with Crippen LogP contribution >= 0.6 is 11.3 Å². The lowest BCUT2D eigenvalue weighted by molar-refractivity contribution is -0.142. The third-order valence-corrected chi connectivity index (χ3v) is 4.67. The molecule has 1 aromatic rings. The van der Waals surface area contributed by atoms with Gasteiger partial charge in [0.05, 0.1) is 24.8 Å². The number of carbonyl (C=O) groups excluding carboxylic acids is 1. The fraction of sp³-hybridized carbons (Fsp3) is 0.615. The highest BCUT2D eigenvalue weighted by Crippen LogP contribution is 2.24. The first-order valence-electron chi connectivity index (χ1n) is 6.58. The van der Waals surface area contributed by atoms with Crippen LogP contribution in [-0.4, -0.2) is 53.3 Å². The lowest BCUT2D eigenvalue weighted by Crippen LogP contribution is -2.52. The van der Waals surface area contributed by atoms with Gasteiger partial charge in [-0.25, -0.2) is 9.78 Å². The van der Waals surface area contributed by atoms with E-state index in [2.05, 4.69) is 10.3 Å². The number of rotatable bonds is 4. The molecule has 0 saturated carbocycles. The topological polar surface area (TPSA) is 91.8 Å². The van der Waals surface area contributed by atoms with Gasteiger partial charge < -0.3 is 20.1 Å². The van der Waals surface area contributed by atoms with Gasteiger partial charge in [0.15, 0.2) is 0 Å². The van der Waals surface area contributed by atoms with Gasteiger partial charge >= 0.3 is 12.0 Å². The number of carbonyl (C=O) groups is 2. The largest absolute Gasteiger partial charge is 0.481 e. The molecule has 2 heterocycles. The van der Waals surface area contributed by atoms with Crippen LogP contribution in [0.1, 0.15) is 18.9 Å². The number of aliphatic carboxylic acids is 1. The lowest BCUT2D eigenvalue weighted by Gasteiger charge is -2.31. The highest BCUT2D eigenvalue weighted by atomic mass is 32.1. The smallest absolute Gasteiger partial charge is 0.318 e. The van der Waals surface area contributed by atoms with Crippen molar-refractivity contribution in [1.82, 2.24) is 15.2 Å². The zero-order valence-electron chi connectivity index (χ0n) is 12.2. The monoisotopic (exact) mass is 313 g/mol. The number of urea groups is 1. The van der Waals surface area contributed by atoms with Crippen molar-refractivity contribution in [1.29, 1.82) is 0 Å². The average molecular weight is 313 g/mol. The van der Waals surface area contributed by atoms with Crippen LogP contribution in [0.4, 0.5) is 4.79 Å². The van der Waals surface area contributed by atoms with Crippen molar-refractivity contribution in [2.45, 2.75) is 25.4 Å². The predicted octanol–water partition coefficient (Wildman–Crippen LogP) is 1.12. The van der Waals surface area contributed by atoms with Crippen molar-refractivity contribution in [3.8, 4) is 0 Å². The minimum atomic E-state index is -0.948. The maximum Gasteiger partial charge on any atom is 0.318 e. The molecule has 21 heavy (non-hydrogen) atoms. The van der Waals surface area contributed by atoms with E-state index in [0.29, 0.717) is 0 Å². The second-order valence-electron chi connectivity index (χ2n) is 5.55. The van der Waals surface area contributed by atoms with Gasteiger partial charge in [0.2, 0.25) is 0 Å². The van der Waals surface area contributed by atoms with Crippen molar-refractivity contribution < 1.29 is 19.4 Å². The Bertz CT molecular complexity index is 517. The van der Waals surface area contributed by atoms with Gasteiger partial charge in [-0.3, -0.25) is 4.79 Å². The van der Waals surface area contributed by atoms with Gasteiger partial charge in [-0.15, -0.1) is 11.3 Å². The van der Waals surface area contributed by atoms with Crippen molar-refractivity contribution >= 4 is 23.3 Å². The van der Waals surface area contributed by atoms with E-state index >= 15 is 0 Å². The normalized spacial score (nSPS) is 22.0. The summed E-state index contributed by atoms with van der Waals surface area (Å²) in [4.78, 5) is 29.1. The first kappa shape index (κ1) is 15.7. The van der Waals surface area contributed by atoms with E-state index in [1.807, 2.05) is 19.2 Å². The van der Waals surface area contributed by atoms with E-state index < -0.39 is 23.5 Å². The molecule has 7 nitrogen and oxygen atoms in total. The summed E-state index contributed by atoms with van der Waals surface area (Å²) in [6.45, 7) is 4.08. The molecule has 1 saturated heterocycles. The van der Waals surface area contributed by atoms with Crippen molar-refractivity contribution in [3.05, 3.63) is 16.6 Å². The van der Waals surface area contributed by atoms with Crippen LogP contribution in [0.5, 0.6) is 0 Å². The average Bonchev–Trinajstić information content (AvgIpc) is 3.08. The minimum Gasteiger partial charge on any atom is -0.481 e. The molecular weight excluding hydrogens is 294 g/mol. The molecule has 1 fully saturated rings. The van der Waals surface area contributed by atoms with E-state index in [-0.39, 0.29) is 19.2 Å². The summed E-state index contributed by atoms with van der Waals surface area (Å²) in [6, 6.07) is -0.799. The highest BCUT2D eigenvalue weighted by Gasteiger charge is 2.39. The van der Waals surface area contributed by atoms with E-state index in [0.717, 1.165) is 5.01 Å². The van der Waals surface area contributed by atoms with Crippen LogP contribution in [0.25, 0.3) is 0 Å². The van der Waals surface area contributed by atoms with Gasteiger partial charge in [0.25, 0.3) is 0 Å². The summed E-state index contributed by atoms with van der Waals surface area (Å²) in [7, 11) is 1.59. The number of hydrogen-bond donors (Lipinski definition) is 2. The van der Waals surface area contributed by atoms with Crippen LogP contribution in [0.15, 0.2) is 11.6 Å². The number of amides is 2. The Labute approximate surface area is 126 Å². The van der Waals surface area contributed by atoms with Crippen LogP contribution in [0, 0.1) is 5.92 Å². The van der Waals surface area contributed by atoms with Gasteiger partial charge in [0, 0.05) is 18.6 Å². The maximum absolute atomic E-state index is 12.4. The Morgan fingerprint density at radius 1 is 1.52 bits per heavy atom. The highest BCUT2D eigenvalue weighted by molar-refractivity contribution is 7.09. The zero-order chi connectivity index (χ0) is 15.6. The molecule has 0 aliphatic carbocycles. The quantitative estimate of drug-likeness (QED) is 0.869. The number of thiazole rings is 1. The predicted molar refractivity (Wildman–Crippen MR) is 77.2 cm³/mol. The van der Waals surface area contributed by atoms with Gasteiger partial charge in [-0.2, -0.15) is 0 Å². The number of ether oxygens (including phenoxy) is 1. The van der Waals surface area contributed by atoms with Crippen LogP contribution in [0.3, 0.4) is 0 Å². The van der Waals surface area contributed by atoms with E-state index in [9.17, 15) is 9.59 Å². The Balaban J connectivity index is 2.04. The third kappa shape index (κ3) is 3.33. The van der Waals surface area contributed by atoms with E-state index in [1.165, 1.54) is 16.2 Å². The molecule has 2 rings (SSSR count). The molecule has 1 aliphatic heterocycles. The van der Waals surface area contributed by atoms with Gasteiger partial charge in [-0.05, 0) is 13.8 Å². The van der Waals surface area contributed by atoms with E-state index in [1.54, 1.807) is 13.2 Å². The molecule has 2 amide bonds. The second-order valence-corrected chi connectivity index (χ2v) is 6.45. The number of nitrogens with one attached hydrogen (secondary N) is 1. The maximum atomic E-state index is 12.4. The molecule has 0 aromatic carbocycles. The molecule has 8 heteroatoms. The van der Waals surface area contributed by atoms with Crippen molar-refractivity contribution in [2.75, 3.05) is 20.3 Å². The first-order valence-corrected chi connectivity index (χ1v) is 7.46. The molecule has 2 atom stereocenters. The Kier molecular flexibility index (Phi) is 4.48. The fourth-order valence-electron chi connectivity index (χ4n) is 2.25. The Morgan fingerprint density at radius 2 is 2.24 bits per heavy atom. The molecule has 2 unspecified atom stereocenters. The molecule has 0 bridgehead atoms. The molecule has 0 radical (unpaired) electrons. The SMILES string of the molecule is CN(C(=O)NC(C)(C)c1nccs1)C1COCC1C(=O)O. The number of carboxylic acid groups (broad SMARTS) is 1. The van der Waals surface area contributed by atoms with Crippen LogP contribution in [0.2, 0.25) is 0 Å². The van der Waals surface area contributed by atoms with Crippen molar-refractivity contribution in [3.63, 3.8) is 0 Å². The summed E-state index contributed by atoms with van der Waals surface area (Å²) in [5.41, 5.74) is -0.613. The van der Waals surface area contributed by atoms with E-state index in [4.69, 9.17) is 9.84 Å². The number of nitrogens with zero attached hydrogens (tertiary/aromatic N) is 2. The summed E-state index contributed by atoms with van der Waals surface area (Å²) in [6.07, 6.45) is 1.68.